The van der Waals surface area contributed by atoms with Gasteiger partial charge >= 0.3 is 5.97 Å². The van der Waals surface area contributed by atoms with Crippen molar-refractivity contribution in [3.8, 4) is 0 Å². The molecule has 0 aliphatic carbocycles. The van der Waals surface area contributed by atoms with Crippen LogP contribution in [0.2, 0.25) is 0 Å². The van der Waals surface area contributed by atoms with Gasteiger partial charge in [-0.25, -0.2) is 4.79 Å². The molecule has 1 heterocycles. The summed E-state index contributed by atoms with van der Waals surface area (Å²) in [7, 11) is 0. The van der Waals surface area contributed by atoms with Crippen LogP contribution in [0.1, 0.15) is 25.6 Å². The molecule has 0 fully saturated rings. The summed E-state index contributed by atoms with van der Waals surface area (Å²) in [5, 5.41) is 4.63. The standard InChI is InChI=1S/C20H17NO3S/c22-19(18-10-5-13-25-18)21-17-9-4-8-16(14-17)20(23)24-12-11-15-6-2-1-3-7-15/h1-10,13-14H,11-12H2,(H,21,22). The van der Waals surface area contributed by atoms with Gasteiger partial charge in [0.2, 0.25) is 0 Å². The van der Waals surface area contributed by atoms with Crippen molar-refractivity contribution in [2.75, 3.05) is 11.9 Å². The first-order chi connectivity index (χ1) is 12.2. The summed E-state index contributed by atoms with van der Waals surface area (Å²) in [5.74, 6) is -0.590. The number of carbonyl (C=O) groups is 2. The predicted molar refractivity (Wildman–Crippen MR) is 99.1 cm³/mol. The zero-order valence-electron chi connectivity index (χ0n) is 13.5. The van der Waals surface area contributed by atoms with Crippen molar-refractivity contribution < 1.29 is 14.3 Å². The molecule has 0 saturated carbocycles. The van der Waals surface area contributed by atoms with E-state index in [9.17, 15) is 9.59 Å². The van der Waals surface area contributed by atoms with Crippen molar-refractivity contribution in [2.24, 2.45) is 0 Å². The highest BCUT2D eigenvalue weighted by molar-refractivity contribution is 7.12. The van der Waals surface area contributed by atoms with Crippen molar-refractivity contribution in [1.29, 1.82) is 0 Å². The molecule has 1 aromatic heterocycles. The molecule has 1 amide bonds. The van der Waals surface area contributed by atoms with Crippen LogP contribution in [-0.4, -0.2) is 18.5 Å². The average molecular weight is 351 g/mol. The lowest BCUT2D eigenvalue weighted by atomic mass is 10.1. The Balaban J connectivity index is 1.57. The van der Waals surface area contributed by atoms with E-state index in [4.69, 9.17) is 4.74 Å². The van der Waals surface area contributed by atoms with E-state index in [1.54, 1.807) is 30.3 Å². The molecule has 4 nitrogen and oxygen atoms in total. The minimum Gasteiger partial charge on any atom is -0.462 e. The quantitative estimate of drug-likeness (QED) is 0.670. The molecule has 1 N–H and O–H groups in total. The first-order valence-corrected chi connectivity index (χ1v) is 8.76. The summed E-state index contributed by atoms with van der Waals surface area (Å²) < 4.78 is 5.31. The number of hydrogen-bond acceptors (Lipinski definition) is 4. The van der Waals surface area contributed by atoms with Gasteiger partial charge in [0.1, 0.15) is 0 Å². The third-order valence-electron chi connectivity index (χ3n) is 3.57. The van der Waals surface area contributed by atoms with E-state index in [1.165, 1.54) is 11.3 Å². The number of amides is 1. The topological polar surface area (TPSA) is 55.4 Å². The molecule has 126 valence electrons. The maximum Gasteiger partial charge on any atom is 0.338 e. The van der Waals surface area contributed by atoms with Gasteiger partial charge in [0, 0.05) is 12.1 Å². The molecule has 3 aromatic rings. The lowest BCUT2D eigenvalue weighted by Gasteiger charge is -2.08. The van der Waals surface area contributed by atoms with Gasteiger partial charge in [0.15, 0.2) is 0 Å². The second kappa shape index (κ2) is 8.26. The van der Waals surface area contributed by atoms with Crippen molar-refractivity contribution in [2.45, 2.75) is 6.42 Å². The Morgan fingerprint density at radius 2 is 1.80 bits per heavy atom. The first-order valence-electron chi connectivity index (χ1n) is 7.88. The van der Waals surface area contributed by atoms with Gasteiger partial charge in [-0.2, -0.15) is 0 Å². The molecule has 3 rings (SSSR count). The Morgan fingerprint density at radius 3 is 2.56 bits per heavy atom. The van der Waals surface area contributed by atoms with Gasteiger partial charge in [0.05, 0.1) is 17.0 Å². The number of anilines is 1. The van der Waals surface area contributed by atoms with Crippen LogP contribution in [0.4, 0.5) is 5.69 Å². The molecule has 0 spiro atoms. The highest BCUT2D eigenvalue weighted by atomic mass is 32.1. The van der Waals surface area contributed by atoms with E-state index >= 15 is 0 Å². The van der Waals surface area contributed by atoms with Crippen molar-refractivity contribution in [3.63, 3.8) is 0 Å². The van der Waals surface area contributed by atoms with Crippen molar-refractivity contribution in [1.82, 2.24) is 0 Å². The summed E-state index contributed by atoms with van der Waals surface area (Å²) in [6, 6.07) is 20.2. The van der Waals surface area contributed by atoms with Crippen LogP contribution >= 0.6 is 11.3 Å². The number of ether oxygens (including phenoxy) is 1. The summed E-state index contributed by atoms with van der Waals surface area (Å²) in [4.78, 5) is 24.9. The maximum atomic E-state index is 12.2. The Labute approximate surface area is 150 Å². The summed E-state index contributed by atoms with van der Waals surface area (Å²) in [6.07, 6.45) is 0.668. The Bertz CT molecular complexity index is 844. The number of esters is 1. The van der Waals surface area contributed by atoms with E-state index in [-0.39, 0.29) is 5.91 Å². The highest BCUT2D eigenvalue weighted by Gasteiger charge is 2.11. The number of hydrogen-bond donors (Lipinski definition) is 1. The van der Waals surface area contributed by atoms with E-state index < -0.39 is 5.97 Å². The van der Waals surface area contributed by atoms with Crippen LogP contribution < -0.4 is 5.32 Å². The molecule has 0 radical (unpaired) electrons. The molecule has 0 aliphatic heterocycles. The SMILES string of the molecule is O=C(OCCc1ccccc1)c1cccc(NC(=O)c2cccs2)c1. The fraction of sp³-hybridized carbons (Fsp3) is 0.100. The van der Waals surface area contributed by atoms with Crippen LogP contribution in [0.3, 0.4) is 0 Å². The molecular weight excluding hydrogens is 334 g/mol. The smallest absolute Gasteiger partial charge is 0.338 e. The first kappa shape index (κ1) is 16.9. The molecule has 25 heavy (non-hydrogen) atoms. The van der Waals surface area contributed by atoms with Gasteiger partial charge in [-0.15, -0.1) is 11.3 Å². The zero-order chi connectivity index (χ0) is 17.5. The second-order valence-corrected chi connectivity index (χ2v) is 6.33. The third-order valence-corrected chi connectivity index (χ3v) is 4.44. The summed E-state index contributed by atoms with van der Waals surface area (Å²) >= 11 is 1.37. The van der Waals surface area contributed by atoms with E-state index in [1.807, 2.05) is 41.8 Å². The third kappa shape index (κ3) is 4.78. The van der Waals surface area contributed by atoms with Gasteiger partial charge in [0.25, 0.3) is 5.91 Å². The molecule has 0 atom stereocenters. The van der Waals surface area contributed by atoms with Crippen LogP contribution in [0.15, 0.2) is 72.1 Å². The van der Waals surface area contributed by atoms with E-state index in [2.05, 4.69) is 5.32 Å². The lowest BCUT2D eigenvalue weighted by Crippen LogP contribution is -2.12. The minimum atomic E-state index is -0.400. The zero-order valence-corrected chi connectivity index (χ0v) is 14.3. The number of rotatable bonds is 6. The van der Waals surface area contributed by atoms with Gasteiger partial charge in [-0.05, 0) is 35.2 Å². The maximum absolute atomic E-state index is 12.2. The van der Waals surface area contributed by atoms with Crippen LogP contribution in [0, 0.1) is 0 Å². The number of carbonyl (C=O) groups excluding carboxylic acids is 2. The lowest BCUT2D eigenvalue weighted by molar-refractivity contribution is 0.0509. The molecule has 0 saturated heterocycles. The number of nitrogens with one attached hydrogen (secondary N) is 1. The van der Waals surface area contributed by atoms with Crippen molar-refractivity contribution in [3.05, 3.63) is 88.1 Å². The van der Waals surface area contributed by atoms with Crippen molar-refractivity contribution >= 4 is 28.9 Å². The molecule has 5 heteroatoms. The van der Waals surface area contributed by atoms with Crippen LogP contribution in [0.25, 0.3) is 0 Å². The highest BCUT2D eigenvalue weighted by Crippen LogP contribution is 2.15. The fourth-order valence-electron chi connectivity index (χ4n) is 2.31. The van der Waals surface area contributed by atoms with Gasteiger partial charge in [-0.3, -0.25) is 4.79 Å². The summed E-state index contributed by atoms with van der Waals surface area (Å²) in [5.41, 5.74) is 2.10. The molecule has 2 aromatic carbocycles. The largest absolute Gasteiger partial charge is 0.462 e. The molecular formula is C20H17NO3S. The Morgan fingerprint density at radius 1 is 0.960 bits per heavy atom. The molecule has 0 aliphatic rings. The molecule has 0 bridgehead atoms. The second-order valence-electron chi connectivity index (χ2n) is 5.38. The van der Waals surface area contributed by atoms with Gasteiger partial charge in [-0.1, -0.05) is 42.5 Å². The average Bonchev–Trinajstić information content (AvgIpc) is 3.18. The Hall–Kier alpha value is -2.92. The fourth-order valence-corrected chi connectivity index (χ4v) is 2.93. The number of benzene rings is 2. The normalized spacial score (nSPS) is 10.2. The number of thiophene rings is 1. The van der Waals surface area contributed by atoms with E-state index in [0.29, 0.717) is 29.2 Å². The Kier molecular flexibility index (Phi) is 5.59. The molecule has 0 unspecified atom stereocenters. The van der Waals surface area contributed by atoms with Crippen LogP contribution in [0.5, 0.6) is 0 Å². The van der Waals surface area contributed by atoms with Crippen LogP contribution in [-0.2, 0) is 11.2 Å². The minimum absolute atomic E-state index is 0.190. The monoisotopic (exact) mass is 351 g/mol. The van der Waals surface area contributed by atoms with Gasteiger partial charge < -0.3 is 10.1 Å². The van der Waals surface area contributed by atoms with E-state index in [0.717, 1.165) is 5.56 Å². The predicted octanol–water partition coefficient (Wildman–Crippen LogP) is 4.40. The summed E-state index contributed by atoms with van der Waals surface area (Å²) in [6.45, 7) is 0.314.